The Hall–Kier alpha value is -1.98. The van der Waals surface area contributed by atoms with Crippen LogP contribution in [0.3, 0.4) is 0 Å². The minimum atomic E-state index is -0.718. The molecular weight excluding hydrogens is 184 g/mol. The van der Waals surface area contributed by atoms with Gasteiger partial charge in [-0.25, -0.2) is 9.97 Å². The summed E-state index contributed by atoms with van der Waals surface area (Å²) in [6.45, 7) is 1.69. The Morgan fingerprint density at radius 1 is 1.43 bits per heavy atom. The number of rotatable bonds is 3. The first-order valence-corrected chi connectivity index (χ1v) is 4.05. The maximum Gasteiger partial charge on any atom is 0.271 e. The molecule has 0 aliphatic rings. The average Bonchev–Trinajstić information content (AvgIpc) is 2.18. The monoisotopic (exact) mass is 194 g/mol. The van der Waals surface area contributed by atoms with Crippen LogP contribution < -0.4 is 11.1 Å². The average molecular weight is 194 g/mol. The van der Waals surface area contributed by atoms with Crippen molar-refractivity contribution in [3.63, 3.8) is 0 Å². The van der Waals surface area contributed by atoms with E-state index in [0.29, 0.717) is 6.42 Å². The fraction of sp³-hybridized carbons (Fsp3) is 0.250. The van der Waals surface area contributed by atoms with E-state index in [-0.39, 0.29) is 17.4 Å². The molecular formula is C8H10N4O2. The van der Waals surface area contributed by atoms with Crippen molar-refractivity contribution >= 4 is 17.6 Å². The van der Waals surface area contributed by atoms with Crippen molar-refractivity contribution in [1.82, 2.24) is 9.97 Å². The summed E-state index contributed by atoms with van der Waals surface area (Å²) >= 11 is 0. The van der Waals surface area contributed by atoms with Crippen molar-refractivity contribution in [2.75, 3.05) is 5.32 Å². The number of primary amides is 1. The highest BCUT2D eigenvalue weighted by Crippen LogP contribution is 2.07. The molecule has 0 saturated carbocycles. The molecule has 74 valence electrons. The molecule has 0 saturated heterocycles. The number of aromatic nitrogens is 2. The maximum absolute atomic E-state index is 11.0. The molecule has 0 atom stereocenters. The molecule has 14 heavy (non-hydrogen) atoms. The van der Waals surface area contributed by atoms with E-state index in [1.165, 1.54) is 12.4 Å². The lowest BCUT2D eigenvalue weighted by molar-refractivity contribution is -0.115. The summed E-state index contributed by atoms with van der Waals surface area (Å²) in [5.41, 5.74) is 5.01. The van der Waals surface area contributed by atoms with Crippen molar-refractivity contribution in [1.29, 1.82) is 0 Å². The van der Waals surface area contributed by atoms with E-state index in [2.05, 4.69) is 15.3 Å². The van der Waals surface area contributed by atoms with Gasteiger partial charge in [-0.2, -0.15) is 0 Å². The van der Waals surface area contributed by atoms with Crippen LogP contribution in [-0.4, -0.2) is 21.8 Å². The number of nitrogens with zero attached hydrogens (tertiary/aromatic N) is 2. The van der Waals surface area contributed by atoms with Gasteiger partial charge in [0.15, 0.2) is 11.5 Å². The summed E-state index contributed by atoms with van der Waals surface area (Å²) in [5, 5.41) is 2.43. The zero-order valence-corrected chi connectivity index (χ0v) is 7.65. The Bertz CT molecular complexity index is 364. The molecule has 6 nitrogen and oxygen atoms in total. The van der Waals surface area contributed by atoms with E-state index >= 15 is 0 Å². The van der Waals surface area contributed by atoms with E-state index in [0.717, 1.165) is 0 Å². The van der Waals surface area contributed by atoms with E-state index in [4.69, 9.17) is 5.73 Å². The van der Waals surface area contributed by atoms with Gasteiger partial charge < -0.3 is 11.1 Å². The van der Waals surface area contributed by atoms with Gasteiger partial charge in [0.05, 0.1) is 0 Å². The predicted molar refractivity (Wildman–Crippen MR) is 49.5 cm³/mol. The summed E-state index contributed by atoms with van der Waals surface area (Å²) in [6.07, 6.45) is 3.01. The van der Waals surface area contributed by atoms with E-state index in [1.807, 2.05) is 0 Å². The quantitative estimate of drug-likeness (QED) is 0.703. The number of carbonyl (C=O) groups is 2. The summed E-state index contributed by atoms with van der Waals surface area (Å²) in [4.78, 5) is 29.4. The minimum Gasteiger partial charge on any atom is -0.364 e. The molecule has 1 aromatic heterocycles. The van der Waals surface area contributed by atoms with E-state index < -0.39 is 5.91 Å². The highest BCUT2D eigenvalue weighted by molar-refractivity contribution is 6.00. The number of hydrogen-bond acceptors (Lipinski definition) is 4. The van der Waals surface area contributed by atoms with Crippen molar-refractivity contribution in [2.24, 2.45) is 5.73 Å². The van der Waals surface area contributed by atoms with Crippen molar-refractivity contribution < 1.29 is 9.59 Å². The molecule has 1 rings (SSSR count). The van der Waals surface area contributed by atoms with Crippen LogP contribution in [0, 0.1) is 0 Å². The first-order valence-electron chi connectivity index (χ1n) is 4.05. The largest absolute Gasteiger partial charge is 0.364 e. The Morgan fingerprint density at radius 3 is 2.64 bits per heavy atom. The van der Waals surface area contributed by atoms with Gasteiger partial charge in [0.25, 0.3) is 5.91 Å². The summed E-state index contributed by atoms with van der Waals surface area (Å²) in [7, 11) is 0. The van der Waals surface area contributed by atoms with Gasteiger partial charge in [0.2, 0.25) is 5.91 Å². The van der Waals surface area contributed by atoms with E-state index in [1.54, 1.807) is 6.92 Å². The van der Waals surface area contributed by atoms with Crippen LogP contribution in [0.5, 0.6) is 0 Å². The maximum atomic E-state index is 11.0. The van der Waals surface area contributed by atoms with Crippen LogP contribution in [0.25, 0.3) is 0 Å². The Kier molecular flexibility index (Phi) is 3.11. The van der Waals surface area contributed by atoms with Crippen LogP contribution in [0.15, 0.2) is 12.4 Å². The molecule has 0 fully saturated rings. The second-order valence-corrected chi connectivity index (χ2v) is 2.52. The van der Waals surface area contributed by atoms with Crippen LogP contribution in [0.4, 0.5) is 5.82 Å². The normalized spacial score (nSPS) is 9.50. The third-order valence-corrected chi connectivity index (χ3v) is 1.51. The Morgan fingerprint density at radius 2 is 2.07 bits per heavy atom. The first kappa shape index (κ1) is 10.1. The van der Waals surface area contributed by atoms with Crippen molar-refractivity contribution in [3.05, 3.63) is 18.1 Å². The smallest absolute Gasteiger partial charge is 0.271 e. The van der Waals surface area contributed by atoms with Crippen LogP contribution in [0.1, 0.15) is 23.8 Å². The minimum absolute atomic E-state index is 0.0331. The van der Waals surface area contributed by atoms with Gasteiger partial charge in [-0.3, -0.25) is 9.59 Å². The SMILES string of the molecule is CCC(=O)Nc1nccnc1C(N)=O. The third-order valence-electron chi connectivity index (χ3n) is 1.51. The fourth-order valence-corrected chi connectivity index (χ4v) is 0.830. The summed E-state index contributed by atoms with van der Waals surface area (Å²) < 4.78 is 0. The second kappa shape index (κ2) is 4.31. The molecule has 0 spiro atoms. The number of hydrogen-bond donors (Lipinski definition) is 2. The van der Waals surface area contributed by atoms with Gasteiger partial charge >= 0.3 is 0 Å². The number of amides is 2. The summed E-state index contributed by atoms with van der Waals surface area (Å²) in [6, 6.07) is 0. The standard InChI is InChI=1S/C8H10N4O2/c1-2-5(13)12-8-6(7(9)14)10-3-4-11-8/h3-4H,2H2,1H3,(H2,9,14)(H,11,12,13). The number of anilines is 1. The molecule has 0 radical (unpaired) electrons. The second-order valence-electron chi connectivity index (χ2n) is 2.52. The number of nitrogens with two attached hydrogens (primary N) is 1. The summed E-state index contributed by atoms with van der Waals surface area (Å²) in [5.74, 6) is -0.857. The van der Waals surface area contributed by atoms with Gasteiger partial charge in [-0.1, -0.05) is 6.92 Å². The first-order chi connectivity index (χ1) is 6.65. The topological polar surface area (TPSA) is 98.0 Å². The molecule has 0 bridgehead atoms. The zero-order chi connectivity index (χ0) is 10.6. The molecule has 0 aliphatic carbocycles. The third kappa shape index (κ3) is 2.25. The lowest BCUT2D eigenvalue weighted by Gasteiger charge is -2.04. The fourth-order valence-electron chi connectivity index (χ4n) is 0.830. The molecule has 0 unspecified atom stereocenters. The van der Waals surface area contributed by atoms with Gasteiger partial charge in [-0.05, 0) is 0 Å². The van der Waals surface area contributed by atoms with Gasteiger partial charge in [0, 0.05) is 18.8 Å². The van der Waals surface area contributed by atoms with E-state index in [9.17, 15) is 9.59 Å². The highest BCUT2D eigenvalue weighted by Gasteiger charge is 2.11. The molecule has 1 heterocycles. The molecule has 6 heteroatoms. The molecule has 0 aromatic carbocycles. The lowest BCUT2D eigenvalue weighted by Crippen LogP contribution is -2.20. The molecule has 3 N–H and O–H groups in total. The Labute approximate surface area is 80.5 Å². The number of carbonyl (C=O) groups excluding carboxylic acids is 2. The lowest BCUT2D eigenvalue weighted by atomic mass is 10.3. The highest BCUT2D eigenvalue weighted by atomic mass is 16.2. The van der Waals surface area contributed by atoms with Crippen molar-refractivity contribution in [2.45, 2.75) is 13.3 Å². The molecule has 2 amide bonds. The predicted octanol–water partition coefficient (Wildman–Crippen LogP) is -0.0760. The van der Waals surface area contributed by atoms with Gasteiger partial charge in [-0.15, -0.1) is 0 Å². The Balaban J connectivity index is 2.95. The van der Waals surface area contributed by atoms with Crippen LogP contribution in [-0.2, 0) is 4.79 Å². The van der Waals surface area contributed by atoms with Crippen LogP contribution >= 0.6 is 0 Å². The zero-order valence-electron chi connectivity index (χ0n) is 7.65. The van der Waals surface area contributed by atoms with Gasteiger partial charge in [0.1, 0.15) is 0 Å². The molecule has 0 aliphatic heterocycles. The molecule has 1 aromatic rings. The van der Waals surface area contributed by atoms with Crippen molar-refractivity contribution in [3.8, 4) is 0 Å². The number of nitrogens with one attached hydrogen (secondary N) is 1. The van der Waals surface area contributed by atoms with Crippen LogP contribution in [0.2, 0.25) is 0 Å².